The fourth-order valence-corrected chi connectivity index (χ4v) is 2.14. The van der Waals surface area contributed by atoms with Gasteiger partial charge in [0.25, 0.3) is 0 Å². The van der Waals surface area contributed by atoms with E-state index in [4.69, 9.17) is 4.42 Å². The molecule has 0 spiro atoms. The SMILES string of the molecule is CN=C(NCC(C)(O)c1ccc(C)o1)NC1CC1(C)C. The number of hydrogen-bond donors (Lipinski definition) is 3. The van der Waals surface area contributed by atoms with Crippen molar-refractivity contribution in [2.45, 2.75) is 45.8 Å². The summed E-state index contributed by atoms with van der Waals surface area (Å²) in [5, 5.41) is 17.0. The summed E-state index contributed by atoms with van der Waals surface area (Å²) in [6.07, 6.45) is 1.14. The number of guanidine groups is 1. The Kier molecular flexibility index (Phi) is 3.82. The maximum absolute atomic E-state index is 10.5. The molecule has 1 heterocycles. The van der Waals surface area contributed by atoms with Crippen LogP contribution in [0.15, 0.2) is 21.5 Å². The van der Waals surface area contributed by atoms with Gasteiger partial charge in [-0.05, 0) is 37.8 Å². The van der Waals surface area contributed by atoms with Crippen molar-refractivity contribution < 1.29 is 9.52 Å². The molecule has 2 unspecified atom stereocenters. The van der Waals surface area contributed by atoms with Crippen LogP contribution in [0.25, 0.3) is 0 Å². The molecule has 5 nitrogen and oxygen atoms in total. The third-order valence-corrected chi connectivity index (χ3v) is 3.92. The Hall–Kier alpha value is -1.49. The topological polar surface area (TPSA) is 69.8 Å². The van der Waals surface area contributed by atoms with Gasteiger partial charge in [-0.15, -0.1) is 0 Å². The van der Waals surface area contributed by atoms with Crippen LogP contribution < -0.4 is 10.6 Å². The molecule has 1 saturated carbocycles. The fraction of sp³-hybridized carbons (Fsp3) is 0.667. The summed E-state index contributed by atoms with van der Waals surface area (Å²) in [7, 11) is 1.73. The molecular weight excluding hydrogens is 254 g/mol. The van der Waals surface area contributed by atoms with E-state index in [1.165, 1.54) is 0 Å². The lowest BCUT2D eigenvalue weighted by Gasteiger charge is -2.23. The Labute approximate surface area is 120 Å². The molecule has 2 atom stereocenters. The van der Waals surface area contributed by atoms with Gasteiger partial charge in [-0.1, -0.05) is 13.8 Å². The van der Waals surface area contributed by atoms with Crippen molar-refractivity contribution in [1.29, 1.82) is 0 Å². The highest BCUT2D eigenvalue weighted by molar-refractivity contribution is 5.80. The number of nitrogens with one attached hydrogen (secondary N) is 2. The second-order valence-corrected chi connectivity index (χ2v) is 6.50. The molecule has 5 heteroatoms. The minimum absolute atomic E-state index is 0.332. The number of aryl methyl sites for hydroxylation is 1. The fourth-order valence-electron chi connectivity index (χ4n) is 2.14. The number of aliphatic imine (C=N–C) groups is 1. The number of rotatable bonds is 4. The van der Waals surface area contributed by atoms with E-state index in [0.717, 1.165) is 12.2 Å². The van der Waals surface area contributed by atoms with Crippen LogP contribution in [0.2, 0.25) is 0 Å². The van der Waals surface area contributed by atoms with Crippen molar-refractivity contribution in [2.75, 3.05) is 13.6 Å². The smallest absolute Gasteiger partial charge is 0.191 e. The van der Waals surface area contributed by atoms with Gasteiger partial charge in [-0.3, -0.25) is 4.99 Å². The molecule has 3 N–H and O–H groups in total. The van der Waals surface area contributed by atoms with Crippen molar-refractivity contribution in [1.82, 2.24) is 10.6 Å². The van der Waals surface area contributed by atoms with Crippen LogP contribution in [-0.4, -0.2) is 30.7 Å². The lowest BCUT2D eigenvalue weighted by atomic mass is 10.0. The van der Waals surface area contributed by atoms with Gasteiger partial charge in [0, 0.05) is 13.1 Å². The third kappa shape index (κ3) is 3.33. The van der Waals surface area contributed by atoms with Crippen LogP contribution in [0.5, 0.6) is 0 Å². The van der Waals surface area contributed by atoms with Gasteiger partial charge in [0.2, 0.25) is 0 Å². The van der Waals surface area contributed by atoms with Crippen molar-refractivity contribution in [2.24, 2.45) is 10.4 Å². The molecule has 0 saturated heterocycles. The highest BCUT2D eigenvalue weighted by Crippen LogP contribution is 2.44. The van der Waals surface area contributed by atoms with Crippen molar-refractivity contribution >= 4 is 5.96 Å². The molecule has 1 fully saturated rings. The maximum Gasteiger partial charge on any atom is 0.191 e. The van der Waals surface area contributed by atoms with Crippen LogP contribution in [-0.2, 0) is 5.60 Å². The minimum Gasteiger partial charge on any atom is -0.463 e. The van der Waals surface area contributed by atoms with E-state index in [2.05, 4.69) is 29.5 Å². The van der Waals surface area contributed by atoms with Gasteiger partial charge in [0.05, 0.1) is 6.54 Å². The van der Waals surface area contributed by atoms with Gasteiger partial charge in [0.15, 0.2) is 5.96 Å². The van der Waals surface area contributed by atoms with Crippen LogP contribution in [0.3, 0.4) is 0 Å². The molecule has 1 aromatic rings. The lowest BCUT2D eigenvalue weighted by molar-refractivity contribution is 0.0378. The standard InChI is InChI=1S/C15H25N3O2/c1-10-6-7-12(20-10)15(4,19)9-17-13(16-5)18-11-8-14(11,2)3/h6-7,11,19H,8-9H2,1-5H3,(H2,16,17,18). The van der Waals surface area contributed by atoms with Crippen molar-refractivity contribution in [3.63, 3.8) is 0 Å². The molecule has 1 aromatic heterocycles. The number of furan rings is 1. The summed E-state index contributed by atoms with van der Waals surface area (Å²) < 4.78 is 5.49. The maximum atomic E-state index is 10.5. The number of hydrogen-bond acceptors (Lipinski definition) is 3. The molecule has 0 aliphatic heterocycles. The van der Waals surface area contributed by atoms with Crippen molar-refractivity contribution in [3.05, 3.63) is 23.7 Å². The van der Waals surface area contributed by atoms with E-state index in [9.17, 15) is 5.11 Å². The highest BCUT2D eigenvalue weighted by atomic mass is 16.4. The molecule has 0 amide bonds. The van der Waals surface area contributed by atoms with E-state index in [1.807, 2.05) is 13.0 Å². The quantitative estimate of drug-likeness (QED) is 0.580. The predicted octanol–water partition coefficient (Wildman–Crippen LogP) is 1.76. The molecule has 0 radical (unpaired) electrons. The first-order valence-corrected chi connectivity index (χ1v) is 7.01. The van der Waals surface area contributed by atoms with Crippen LogP contribution in [0, 0.1) is 12.3 Å². The molecule has 112 valence electrons. The second kappa shape index (κ2) is 5.13. The molecular formula is C15H25N3O2. The monoisotopic (exact) mass is 279 g/mol. The van der Waals surface area contributed by atoms with Gasteiger partial charge < -0.3 is 20.2 Å². The Balaban J connectivity index is 1.90. The molecule has 1 aliphatic carbocycles. The van der Waals surface area contributed by atoms with Crippen LogP contribution >= 0.6 is 0 Å². The summed E-state index contributed by atoms with van der Waals surface area (Å²) in [4.78, 5) is 4.19. The summed E-state index contributed by atoms with van der Waals surface area (Å²) in [6, 6.07) is 4.10. The summed E-state index contributed by atoms with van der Waals surface area (Å²) in [5.74, 6) is 2.07. The van der Waals surface area contributed by atoms with E-state index >= 15 is 0 Å². The third-order valence-electron chi connectivity index (χ3n) is 3.92. The highest BCUT2D eigenvalue weighted by Gasteiger charge is 2.46. The molecule has 20 heavy (non-hydrogen) atoms. The van der Waals surface area contributed by atoms with E-state index < -0.39 is 5.60 Å². The minimum atomic E-state index is -1.06. The normalized spacial score (nSPS) is 24.1. The zero-order chi connectivity index (χ0) is 15.0. The van der Waals surface area contributed by atoms with E-state index in [1.54, 1.807) is 20.0 Å². The first-order chi connectivity index (χ1) is 9.24. The average Bonchev–Trinajstić information content (AvgIpc) is 2.74. The summed E-state index contributed by atoms with van der Waals surface area (Å²) in [6.45, 7) is 8.38. The van der Waals surface area contributed by atoms with Gasteiger partial charge in [-0.2, -0.15) is 0 Å². The van der Waals surface area contributed by atoms with Crippen LogP contribution in [0.1, 0.15) is 38.7 Å². The second-order valence-electron chi connectivity index (χ2n) is 6.50. The van der Waals surface area contributed by atoms with E-state index in [-0.39, 0.29) is 0 Å². The van der Waals surface area contributed by atoms with Gasteiger partial charge >= 0.3 is 0 Å². The summed E-state index contributed by atoms with van der Waals surface area (Å²) in [5.41, 5.74) is -0.733. The lowest BCUT2D eigenvalue weighted by Crippen LogP contribution is -2.45. The number of nitrogens with zero attached hydrogens (tertiary/aromatic N) is 1. The molecule has 0 aromatic carbocycles. The number of aliphatic hydroxyl groups is 1. The Morgan fingerprint density at radius 2 is 2.20 bits per heavy atom. The Bertz CT molecular complexity index is 503. The van der Waals surface area contributed by atoms with Gasteiger partial charge in [0.1, 0.15) is 17.1 Å². The van der Waals surface area contributed by atoms with Crippen LogP contribution in [0.4, 0.5) is 0 Å². The van der Waals surface area contributed by atoms with E-state index in [0.29, 0.717) is 29.7 Å². The van der Waals surface area contributed by atoms with Crippen molar-refractivity contribution in [3.8, 4) is 0 Å². The zero-order valence-corrected chi connectivity index (χ0v) is 12.9. The molecule has 1 aliphatic rings. The average molecular weight is 279 g/mol. The molecule has 2 rings (SSSR count). The summed E-state index contributed by atoms with van der Waals surface area (Å²) >= 11 is 0. The Morgan fingerprint density at radius 3 is 2.65 bits per heavy atom. The first kappa shape index (κ1) is 14.9. The van der Waals surface area contributed by atoms with Gasteiger partial charge in [-0.25, -0.2) is 0 Å². The molecule has 0 bridgehead atoms. The Morgan fingerprint density at radius 1 is 1.55 bits per heavy atom. The zero-order valence-electron chi connectivity index (χ0n) is 12.9. The predicted molar refractivity (Wildman–Crippen MR) is 79.7 cm³/mol. The largest absolute Gasteiger partial charge is 0.463 e. The first-order valence-electron chi connectivity index (χ1n) is 7.01.